The number of rotatable bonds is 3. The van der Waals surface area contributed by atoms with Crippen LogP contribution in [0.3, 0.4) is 0 Å². The molecule has 0 atom stereocenters. The van der Waals surface area contributed by atoms with Crippen LogP contribution >= 0.6 is 0 Å². The standard InChI is InChI=1S/C9H13FN2O/c1-6(2)13-9-5-7(10)3-4-8(9)12-11/h3-6,12H,11H2,1-2H3. The molecule has 3 nitrogen and oxygen atoms in total. The van der Waals surface area contributed by atoms with E-state index in [2.05, 4.69) is 5.43 Å². The van der Waals surface area contributed by atoms with Gasteiger partial charge in [-0.2, -0.15) is 0 Å². The van der Waals surface area contributed by atoms with Crippen molar-refractivity contribution in [2.45, 2.75) is 20.0 Å². The third kappa shape index (κ3) is 2.59. The normalized spacial score (nSPS) is 10.2. The van der Waals surface area contributed by atoms with Gasteiger partial charge in [0.1, 0.15) is 11.6 Å². The number of hydrazine groups is 1. The minimum atomic E-state index is -0.338. The van der Waals surface area contributed by atoms with Crippen molar-refractivity contribution in [1.82, 2.24) is 0 Å². The molecule has 72 valence electrons. The summed E-state index contributed by atoms with van der Waals surface area (Å²) in [7, 11) is 0. The number of halogens is 1. The SMILES string of the molecule is CC(C)Oc1cc(F)ccc1NN. The second-order valence-electron chi connectivity index (χ2n) is 2.95. The summed E-state index contributed by atoms with van der Waals surface area (Å²) in [5.74, 6) is 5.31. The van der Waals surface area contributed by atoms with Crippen molar-refractivity contribution in [2.75, 3.05) is 5.43 Å². The second-order valence-corrected chi connectivity index (χ2v) is 2.95. The van der Waals surface area contributed by atoms with Crippen LogP contribution in [0.1, 0.15) is 13.8 Å². The third-order valence-corrected chi connectivity index (χ3v) is 1.46. The molecule has 0 radical (unpaired) electrons. The minimum absolute atomic E-state index is 0.00565. The van der Waals surface area contributed by atoms with Crippen LogP contribution in [0.25, 0.3) is 0 Å². The Kier molecular flexibility index (Phi) is 3.08. The highest BCUT2D eigenvalue weighted by Crippen LogP contribution is 2.25. The summed E-state index contributed by atoms with van der Waals surface area (Å²) in [6.45, 7) is 3.73. The zero-order chi connectivity index (χ0) is 9.84. The molecule has 0 fully saturated rings. The average Bonchev–Trinajstić information content (AvgIpc) is 2.03. The van der Waals surface area contributed by atoms with Crippen molar-refractivity contribution in [2.24, 2.45) is 5.84 Å². The van der Waals surface area contributed by atoms with Gasteiger partial charge in [0.05, 0.1) is 11.8 Å². The lowest BCUT2D eigenvalue weighted by molar-refractivity contribution is 0.242. The van der Waals surface area contributed by atoms with E-state index in [1.165, 1.54) is 18.2 Å². The van der Waals surface area contributed by atoms with E-state index in [0.29, 0.717) is 11.4 Å². The van der Waals surface area contributed by atoms with Crippen LogP contribution in [0, 0.1) is 5.82 Å². The molecule has 3 N–H and O–H groups in total. The summed E-state index contributed by atoms with van der Waals surface area (Å²) in [6, 6.07) is 4.16. The van der Waals surface area contributed by atoms with Crippen LogP contribution in [-0.2, 0) is 0 Å². The Hall–Kier alpha value is -1.29. The highest BCUT2D eigenvalue weighted by Gasteiger charge is 2.05. The van der Waals surface area contributed by atoms with Gasteiger partial charge < -0.3 is 10.2 Å². The van der Waals surface area contributed by atoms with Crippen LogP contribution < -0.4 is 16.0 Å². The van der Waals surface area contributed by atoms with Crippen LogP contribution in [0.2, 0.25) is 0 Å². The van der Waals surface area contributed by atoms with E-state index in [1.807, 2.05) is 13.8 Å². The number of nitrogens with one attached hydrogen (secondary N) is 1. The van der Waals surface area contributed by atoms with Gasteiger partial charge >= 0.3 is 0 Å². The Balaban J connectivity index is 2.94. The highest BCUT2D eigenvalue weighted by molar-refractivity contribution is 5.55. The molecule has 0 heterocycles. The van der Waals surface area contributed by atoms with Crippen molar-refractivity contribution in [3.8, 4) is 5.75 Å². The average molecular weight is 184 g/mol. The van der Waals surface area contributed by atoms with E-state index in [1.54, 1.807) is 0 Å². The zero-order valence-electron chi connectivity index (χ0n) is 7.67. The predicted octanol–water partition coefficient (Wildman–Crippen LogP) is 1.90. The fourth-order valence-corrected chi connectivity index (χ4v) is 0.967. The van der Waals surface area contributed by atoms with E-state index < -0.39 is 0 Å². The largest absolute Gasteiger partial charge is 0.489 e. The molecule has 4 heteroatoms. The number of hydrogen-bond acceptors (Lipinski definition) is 3. The van der Waals surface area contributed by atoms with Crippen molar-refractivity contribution in [3.05, 3.63) is 24.0 Å². The molecule has 0 saturated carbocycles. The molecule has 1 aromatic rings. The topological polar surface area (TPSA) is 47.3 Å². The van der Waals surface area contributed by atoms with E-state index >= 15 is 0 Å². The molecule has 0 aliphatic heterocycles. The Labute approximate surface area is 76.7 Å². The van der Waals surface area contributed by atoms with Crippen LogP contribution in [0.4, 0.5) is 10.1 Å². The third-order valence-electron chi connectivity index (χ3n) is 1.46. The minimum Gasteiger partial charge on any atom is -0.489 e. The number of nitrogen functional groups attached to an aromatic ring is 1. The van der Waals surface area contributed by atoms with Gasteiger partial charge in [-0.05, 0) is 26.0 Å². The van der Waals surface area contributed by atoms with Gasteiger partial charge in [0.2, 0.25) is 0 Å². The summed E-state index contributed by atoms with van der Waals surface area (Å²) < 4.78 is 18.1. The van der Waals surface area contributed by atoms with Crippen molar-refractivity contribution in [1.29, 1.82) is 0 Å². The fourth-order valence-electron chi connectivity index (χ4n) is 0.967. The number of anilines is 1. The first-order valence-electron chi connectivity index (χ1n) is 4.06. The molecule has 0 bridgehead atoms. The zero-order valence-corrected chi connectivity index (χ0v) is 7.67. The molecule has 0 aliphatic rings. The second kappa shape index (κ2) is 4.09. The number of ether oxygens (including phenoxy) is 1. The number of benzene rings is 1. The Morgan fingerprint density at radius 1 is 1.46 bits per heavy atom. The molecular formula is C9H13FN2O. The molecule has 0 amide bonds. The van der Waals surface area contributed by atoms with Crippen molar-refractivity contribution in [3.63, 3.8) is 0 Å². The quantitative estimate of drug-likeness (QED) is 0.557. The number of nitrogens with two attached hydrogens (primary N) is 1. The molecular weight excluding hydrogens is 171 g/mol. The van der Waals surface area contributed by atoms with Gasteiger partial charge in [-0.25, -0.2) is 4.39 Å². The Bertz CT molecular complexity index is 289. The molecule has 13 heavy (non-hydrogen) atoms. The van der Waals surface area contributed by atoms with Crippen LogP contribution in [-0.4, -0.2) is 6.10 Å². The Morgan fingerprint density at radius 2 is 2.15 bits per heavy atom. The van der Waals surface area contributed by atoms with E-state index in [4.69, 9.17) is 10.6 Å². The Morgan fingerprint density at radius 3 is 2.69 bits per heavy atom. The smallest absolute Gasteiger partial charge is 0.147 e. The first-order chi connectivity index (χ1) is 6.13. The maximum Gasteiger partial charge on any atom is 0.147 e. The van der Waals surface area contributed by atoms with E-state index in [-0.39, 0.29) is 11.9 Å². The lowest BCUT2D eigenvalue weighted by atomic mass is 10.3. The summed E-state index contributed by atoms with van der Waals surface area (Å²) in [5.41, 5.74) is 3.02. The van der Waals surface area contributed by atoms with Crippen molar-refractivity contribution < 1.29 is 9.13 Å². The van der Waals surface area contributed by atoms with Crippen molar-refractivity contribution >= 4 is 5.69 Å². The van der Waals surface area contributed by atoms with Gasteiger partial charge in [0.25, 0.3) is 0 Å². The predicted molar refractivity (Wildman–Crippen MR) is 50.0 cm³/mol. The maximum absolute atomic E-state index is 12.8. The first kappa shape index (κ1) is 9.80. The lowest BCUT2D eigenvalue weighted by Crippen LogP contribution is -2.12. The fraction of sp³-hybridized carbons (Fsp3) is 0.333. The van der Waals surface area contributed by atoms with Gasteiger partial charge in [-0.3, -0.25) is 5.84 Å². The summed E-state index contributed by atoms with van der Waals surface area (Å²) in [4.78, 5) is 0. The highest BCUT2D eigenvalue weighted by atomic mass is 19.1. The molecule has 1 aromatic carbocycles. The van der Waals surface area contributed by atoms with Crippen LogP contribution in [0.5, 0.6) is 5.75 Å². The monoisotopic (exact) mass is 184 g/mol. The molecule has 0 spiro atoms. The van der Waals surface area contributed by atoms with E-state index in [0.717, 1.165) is 0 Å². The molecule has 0 saturated heterocycles. The van der Waals surface area contributed by atoms with Gasteiger partial charge in [0.15, 0.2) is 0 Å². The molecule has 0 aromatic heterocycles. The van der Waals surface area contributed by atoms with E-state index in [9.17, 15) is 4.39 Å². The maximum atomic E-state index is 12.8. The van der Waals surface area contributed by atoms with Gasteiger partial charge in [-0.15, -0.1) is 0 Å². The van der Waals surface area contributed by atoms with Gasteiger partial charge in [0, 0.05) is 6.07 Å². The summed E-state index contributed by atoms with van der Waals surface area (Å²) in [5, 5.41) is 0. The molecule has 0 aliphatic carbocycles. The molecule has 1 rings (SSSR count). The molecule has 0 unspecified atom stereocenters. The number of hydrogen-bond donors (Lipinski definition) is 2. The summed E-state index contributed by atoms with van der Waals surface area (Å²) >= 11 is 0. The van der Waals surface area contributed by atoms with Gasteiger partial charge in [-0.1, -0.05) is 0 Å². The van der Waals surface area contributed by atoms with Crippen LogP contribution in [0.15, 0.2) is 18.2 Å². The first-order valence-corrected chi connectivity index (χ1v) is 4.06. The summed E-state index contributed by atoms with van der Waals surface area (Å²) in [6.07, 6.45) is -0.00565. The lowest BCUT2D eigenvalue weighted by Gasteiger charge is -2.13.